The van der Waals surface area contributed by atoms with E-state index < -0.39 is 0 Å². The summed E-state index contributed by atoms with van der Waals surface area (Å²) in [7, 11) is 0. The van der Waals surface area contributed by atoms with E-state index in [9.17, 15) is 0 Å². The zero-order valence-corrected chi connectivity index (χ0v) is 33.2. The van der Waals surface area contributed by atoms with Crippen molar-refractivity contribution in [2.75, 3.05) is 4.90 Å². The molecule has 0 aliphatic heterocycles. The SMILES string of the molecule is c1ccc(-c2ccc(N(c3ccc(-c4ccc5ccccc5c4)cc3)c3ccc(-c4cccc5c4c4ccccc4n5-c4ccccc4)cc3)c3c2oc2ccccc23)cc1. The molecule has 2 aromatic heterocycles. The minimum atomic E-state index is 0.867. The van der Waals surface area contributed by atoms with Crippen molar-refractivity contribution >= 4 is 71.6 Å². The van der Waals surface area contributed by atoms with E-state index in [1.54, 1.807) is 0 Å². The van der Waals surface area contributed by atoms with Gasteiger partial charge in [0.15, 0.2) is 0 Å². The standard InChI is InChI=1S/C58H38N2O/c1-3-15-41(16-4-1)49-36-37-54(57-51-21-10-12-25-55(51)61-58(49)57)59(46-32-28-40(29-33-46)44-27-26-39-14-7-8-17-43(39)38-44)47-34-30-42(31-35-47)48-22-13-24-53-56(48)50-20-9-11-23-52(50)60(53)45-18-5-2-6-19-45/h1-38H. The molecule has 286 valence electrons. The fourth-order valence-electron chi connectivity index (χ4n) is 9.35. The molecule has 10 aromatic carbocycles. The van der Waals surface area contributed by atoms with Gasteiger partial charge in [0, 0.05) is 38.8 Å². The summed E-state index contributed by atoms with van der Waals surface area (Å²) in [5, 5.41) is 7.13. The monoisotopic (exact) mass is 778 g/mol. The molecule has 3 nitrogen and oxygen atoms in total. The molecule has 61 heavy (non-hydrogen) atoms. The van der Waals surface area contributed by atoms with Crippen molar-refractivity contribution in [2.24, 2.45) is 0 Å². The van der Waals surface area contributed by atoms with Crippen molar-refractivity contribution in [1.82, 2.24) is 4.57 Å². The van der Waals surface area contributed by atoms with E-state index in [1.165, 1.54) is 49.3 Å². The van der Waals surface area contributed by atoms with Crippen LogP contribution in [-0.2, 0) is 0 Å². The third-order valence-corrected chi connectivity index (χ3v) is 12.2. The molecular weight excluding hydrogens is 741 g/mol. The predicted molar refractivity (Wildman–Crippen MR) is 257 cm³/mol. The third kappa shape index (κ3) is 5.82. The van der Waals surface area contributed by atoms with Crippen LogP contribution in [0, 0.1) is 0 Å². The summed E-state index contributed by atoms with van der Waals surface area (Å²) in [5.41, 5.74) is 15.4. The van der Waals surface area contributed by atoms with Crippen molar-refractivity contribution in [2.45, 2.75) is 0 Å². The number of hydrogen-bond acceptors (Lipinski definition) is 2. The highest BCUT2D eigenvalue weighted by Gasteiger charge is 2.23. The second kappa shape index (κ2) is 14.3. The Morgan fingerprint density at radius 1 is 0.361 bits per heavy atom. The maximum Gasteiger partial charge on any atom is 0.145 e. The number of furan rings is 1. The van der Waals surface area contributed by atoms with Gasteiger partial charge in [-0.15, -0.1) is 0 Å². The number of benzene rings is 10. The number of nitrogens with zero attached hydrogens (tertiary/aromatic N) is 2. The van der Waals surface area contributed by atoms with Crippen molar-refractivity contribution in [3.63, 3.8) is 0 Å². The van der Waals surface area contributed by atoms with Gasteiger partial charge in [-0.3, -0.25) is 0 Å². The highest BCUT2D eigenvalue weighted by molar-refractivity contribution is 6.18. The van der Waals surface area contributed by atoms with Crippen LogP contribution in [0.3, 0.4) is 0 Å². The van der Waals surface area contributed by atoms with Crippen LogP contribution in [0.5, 0.6) is 0 Å². The fraction of sp³-hybridized carbons (Fsp3) is 0. The number of hydrogen-bond donors (Lipinski definition) is 0. The van der Waals surface area contributed by atoms with Gasteiger partial charge in [-0.05, 0) is 111 Å². The summed E-state index contributed by atoms with van der Waals surface area (Å²) < 4.78 is 9.15. The molecule has 0 fully saturated rings. The summed E-state index contributed by atoms with van der Waals surface area (Å²) in [6, 6.07) is 82.8. The van der Waals surface area contributed by atoms with Crippen LogP contribution in [0.1, 0.15) is 0 Å². The van der Waals surface area contributed by atoms with E-state index in [-0.39, 0.29) is 0 Å². The minimum absolute atomic E-state index is 0.867. The highest BCUT2D eigenvalue weighted by Crippen LogP contribution is 2.47. The Balaban J connectivity index is 1.04. The maximum atomic E-state index is 6.77. The first-order valence-corrected chi connectivity index (χ1v) is 20.8. The average Bonchev–Trinajstić information content (AvgIpc) is 3.89. The lowest BCUT2D eigenvalue weighted by atomic mass is 9.98. The van der Waals surface area contributed by atoms with Gasteiger partial charge in [0.05, 0.1) is 22.1 Å². The van der Waals surface area contributed by atoms with Gasteiger partial charge in [0.1, 0.15) is 11.2 Å². The Morgan fingerprint density at radius 2 is 0.967 bits per heavy atom. The first-order chi connectivity index (χ1) is 30.3. The molecule has 0 atom stereocenters. The number of fused-ring (bicyclic) bond motifs is 7. The van der Waals surface area contributed by atoms with E-state index >= 15 is 0 Å². The molecule has 12 aromatic rings. The molecule has 0 unspecified atom stereocenters. The molecule has 0 bridgehead atoms. The average molecular weight is 779 g/mol. The van der Waals surface area contributed by atoms with Crippen LogP contribution in [-0.4, -0.2) is 4.57 Å². The molecule has 0 saturated heterocycles. The van der Waals surface area contributed by atoms with Gasteiger partial charge in [-0.1, -0.05) is 158 Å². The molecule has 0 aliphatic rings. The van der Waals surface area contributed by atoms with Crippen molar-refractivity contribution in [3.8, 4) is 39.1 Å². The fourth-order valence-corrected chi connectivity index (χ4v) is 9.35. The smallest absolute Gasteiger partial charge is 0.145 e. The van der Waals surface area contributed by atoms with E-state index in [1.807, 2.05) is 6.07 Å². The van der Waals surface area contributed by atoms with E-state index in [0.717, 1.165) is 61.4 Å². The zero-order valence-electron chi connectivity index (χ0n) is 33.2. The first-order valence-electron chi connectivity index (χ1n) is 20.8. The molecule has 0 aliphatic carbocycles. The summed E-state index contributed by atoms with van der Waals surface area (Å²) >= 11 is 0. The second-order valence-electron chi connectivity index (χ2n) is 15.7. The quantitative estimate of drug-likeness (QED) is 0.161. The largest absolute Gasteiger partial charge is 0.455 e. The van der Waals surface area contributed by atoms with E-state index in [2.05, 4.69) is 234 Å². The van der Waals surface area contributed by atoms with Gasteiger partial charge in [-0.25, -0.2) is 0 Å². The van der Waals surface area contributed by atoms with Crippen molar-refractivity contribution in [3.05, 3.63) is 231 Å². The molecule has 0 N–H and O–H groups in total. The minimum Gasteiger partial charge on any atom is -0.455 e. The lowest BCUT2D eigenvalue weighted by Gasteiger charge is -2.27. The first kappa shape index (κ1) is 34.9. The van der Waals surface area contributed by atoms with Crippen LogP contribution < -0.4 is 4.90 Å². The maximum absolute atomic E-state index is 6.77. The lowest BCUT2D eigenvalue weighted by Crippen LogP contribution is -2.10. The summed E-state index contributed by atoms with van der Waals surface area (Å²) in [4.78, 5) is 2.38. The summed E-state index contributed by atoms with van der Waals surface area (Å²) in [6.07, 6.45) is 0. The molecule has 2 heterocycles. The molecule has 12 rings (SSSR count). The number of rotatable bonds is 7. The molecular formula is C58H38N2O. The zero-order chi connectivity index (χ0) is 40.3. The molecule has 0 saturated carbocycles. The highest BCUT2D eigenvalue weighted by atomic mass is 16.3. The Labute approximate surface area is 353 Å². The van der Waals surface area contributed by atoms with Crippen LogP contribution in [0.4, 0.5) is 17.1 Å². The molecule has 3 heteroatoms. The van der Waals surface area contributed by atoms with Crippen LogP contribution in [0.2, 0.25) is 0 Å². The lowest BCUT2D eigenvalue weighted by molar-refractivity contribution is 0.670. The Bertz CT molecular complexity index is 3560. The van der Waals surface area contributed by atoms with Crippen molar-refractivity contribution < 1.29 is 4.42 Å². The van der Waals surface area contributed by atoms with Gasteiger partial charge in [-0.2, -0.15) is 0 Å². The van der Waals surface area contributed by atoms with Crippen molar-refractivity contribution in [1.29, 1.82) is 0 Å². The normalized spacial score (nSPS) is 11.6. The molecule has 0 amide bonds. The Hall–Kier alpha value is -8.14. The van der Waals surface area contributed by atoms with E-state index in [4.69, 9.17) is 4.42 Å². The molecule has 0 radical (unpaired) electrons. The van der Waals surface area contributed by atoms with Gasteiger partial charge in [0.2, 0.25) is 0 Å². The van der Waals surface area contributed by atoms with Crippen LogP contribution >= 0.6 is 0 Å². The predicted octanol–water partition coefficient (Wildman–Crippen LogP) is 16.3. The van der Waals surface area contributed by atoms with Crippen LogP contribution in [0.15, 0.2) is 235 Å². The number of aromatic nitrogens is 1. The number of anilines is 3. The molecule has 0 spiro atoms. The van der Waals surface area contributed by atoms with E-state index in [0.29, 0.717) is 0 Å². The van der Waals surface area contributed by atoms with Gasteiger partial charge < -0.3 is 13.9 Å². The third-order valence-electron chi connectivity index (χ3n) is 12.2. The van der Waals surface area contributed by atoms with Gasteiger partial charge in [0.25, 0.3) is 0 Å². The topological polar surface area (TPSA) is 21.3 Å². The number of para-hydroxylation sites is 3. The second-order valence-corrected chi connectivity index (χ2v) is 15.7. The Morgan fingerprint density at radius 3 is 1.75 bits per heavy atom. The summed E-state index contributed by atoms with van der Waals surface area (Å²) in [6.45, 7) is 0. The van der Waals surface area contributed by atoms with Crippen LogP contribution in [0.25, 0.3) is 93.6 Å². The Kier molecular flexibility index (Phi) is 8.17. The summed E-state index contributed by atoms with van der Waals surface area (Å²) in [5.74, 6) is 0. The van der Waals surface area contributed by atoms with Gasteiger partial charge >= 0.3 is 0 Å².